The third-order valence-electron chi connectivity index (χ3n) is 5.11. The van der Waals surface area contributed by atoms with Crippen molar-refractivity contribution in [3.05, 3.63) is 29.3 Å². The molecule has 1 aliphatic carbocycles. The van der Waals surface area contributed by atoms with Gasteiger partial charge in [0.05, 0.1) is 12.6 Å². The van der Waals surface area contributed by atoms with Gasteiger partial charge >= 0.3 is 0 Å². The first-order chi connectivity index (χ1) is 12.1. The second kappa shape index (κ2) is 10.2. The molecule has 5 nitrogen and oxygen atoms in total. The second-order valence-corrected chi connectivity index (χ2v) is 7.12. The summed E-state index contributed by atoms with van der Waals surface area (Å²) in [5, 5.41) is 7.73. The van der Waals surface area contributed by atoms with Gasteiger partial charge in [-0.1, -0.05) is 31.4 Å². The summed E-state index contributed by atoms with van der Waals surface area (Å²) < 4.78 is 0. The third kappa shape index (κ3) is 6.86. The molecule has 5 heteroatoms. The molecule has 0 aromatic heterocycles. The molecule has 1 aromatic carbocycles. The first-order valence-corrected chi connectivity index (χ1v) is 9.52. The van der Waals surface area contributed by atoms with Crippen molar-refractivity contribution in [2.75, 3.05) is 18.4 Å². The van der Waals surface area contributed by atoms with Gasteiger partial charge in [-0.2, -0.15) is 0 Å². The average molecular weight is 346 g/mol. The van der Waals surface area contributed by atoms with E-state index < -0.39 is 0 Å². The van der Waals surface area contributed by atoms with Gasteiger partial charge in [-0.25, -0.2) is 0 Å². The number of nitrogens with one attached hydrogen (secondary N) is 2. The fourth-order valence-electron chi connectivity index (χ4n) is 3.33. The summed E-state index contributed by atoms with van der Waals surface area (Å²) in [6.45, 7) is 4.41. The first kappa shape index (κ1) is 19.4. The highest BCUT2D eigenvalue weighted by Crippen LogP contribution is 2.17. The Balaban J connectivity index is 1.68. The minimum atomic E-state index is -0.187. The van der Waals surface area contributed by atoms with E-state index in [0.29, 0.717) is 12.6 Å². The first-order valence-electron chi connectivity index (χ1n) is 9.52. The molecule has 2 rings (SSSR count). The zero-order valence-corrected chi connectivity index (χ0v) is 15.6. The molecule has 4 N–H and O–H groups in total. The zero-order chi connectivity index (χ0) is 18.1. The van der Waals surface area contributed by atoms with Crippen molar-refractivity contribution in [3.63, 3.8) is 0 Å². The fourth-order valence-corrected chi connectivity index (χ4v) is 3.33. The van der Waals surface area contributed by atoms with Crippen molar-refractivity contribution in [1.82, 2.24) is 5.32 Å². The maximum Gasteiger partial charge on any atom is 0.275 e. The lowest BCUT2D eigenvalue weighted by molar-refractivity contribution is -0.680. The van der Waals surface area contributed by atoms with E-state index in [2.05, 4.69) is 16.0 Å². The Morgan fingerprint density at radius 3 is 2.44 bits per heavy atom. The predicted molar refractivity (Wildman–Crippen MR) is 100 cm³/mol. The van der Waals surface area contributed by atoms with Gasteiger partial charge < -0.3 is 16.0 Å². The Kier molecular flexibility index (Phi) is 7.92. The number of carbonyl (C=O) groups excluding carboxylic acids is 2. The van der Waals surface area contributed by atoms with Crippen molar-refractivity contribution in [2.24, 2.45) is 0 Å². The van der Waals surface area contributed by atoms with Gasteiger partial charge in [0.1, 0.15) is 0 Å². The van der Waals surface area contributed by atoms with Crippen LogP contribution in [-0.2, 0) is 9.59 Å². The van der Waals surface area contributed by atoms with E-state index in [-0.39, 0.29) is 18.4 Å². The number of hydrogen-bond acceptors (Lipinski definition) is 2. The molecule has 0 radical (unpaired) electrons. The van der Waals surface area contributed by atoms with Crippen molar-refractivity contribution in [2.45, 2.75) is 64.8 Å². The predicted octanol–water partition coefficient (Wildman–Crippen LogP) is 2.03. The smallest absolute Gasteiger partial charge is 0.275 e. The number of nitrogens with two attached hydrogens (primary N) is 1. The van der Waals surface area contributed by atoms with Gasteiger partial charge in [-0.05, 0) is 56.7 Å². The number of rotatable bonds is 6. The van der Waals surface area contributed by atoms with Crippen LogP contribution in [0.3, 0.4) is 0 Å². The lowest BCUT2D eigenvalue weighted by Gasteiger charge is -2.18. The van der Waals surface area contributed by atoms with Crippen LogP contribution in [0.4, 0.5) is 5.69 Å². The monoisotopic (exact) mass is 346 g/mol. The lowest BCUT2D eigenvalue weighted by Crippen LogP contribution is -2.92. The minimum Gasteiger partial charge on any atom is -0.342 e. The van der Waals surface area contributed by atoms with Crippen LogP contribution in [0.15, 0.2) is 18.2 Å². The third-order valence-corrected chi connectivity index (χ3v) is 5.11. The van der Waals surface area contributed by atoms with E-state index in [1.54, 1.807) is 0 Å². The molecule has 1 aliphatic rings. The number of quaternary nitrogens is 1. The molecule has 0 saturated heterocycles. The Hall–Kier alpha value is -1.88. The van der Waals surface area contributed by atoms with Crippen molar-refractivity contribution in [1.29, 1.82) is 0 Å². The van der Waals surface area contributed by atoms with E-state index >= 15 is 0 Å². The van der Waals surface area contributed by atoms with Crippen LogP contribution in [-0.4, -0.2) is 30.9 Å². The van der Waals surface area contributed by atoms with Crippen LogP contribution >= 0.6 is 0 Å². The van der Waals surface area contributed by atoms with Crippen LogP contribution in [0.1, 0.15) is 56.1 Å². The topological polar surface area (TPSA) is 74.8 Å². The molecule has 0 atom stereocenters. The van der Waals surface area contributed by atoms with E-state index in [4.69, 9.17) is 0 Å². The summed E-state index contributed by atoms with van der Waals surface area (Å²) in [7, 11) is 0. The highest BCUT2D eigenvalue weighted by Gasteiger charge is 2.16. The largest absolute Gasteiger partial charge is 0.342 e. The molecule has 138 valence electrons. The Morgan fingerprint density at radius 1 is 1.04 bits per heavy atom. The standard InChI is InChI=1S/C20H31N3O2/c1-15-9-8-12-18(16(15)2)23-20(25)14-22-19(24)13-21-17-10-6-4-3-5-7-11-17/h8-9,12,17,21H,3-7,10-11,13-14H2,1-2H3,(H,22,24)(H,23,25)/p+1. The van der Waals surface area contributed by atoms with Crippen LogP contribution in [0.25, 0.3) is 0 Å². The molecule has 1 fully saturated rings. The van der Waals surface area contributed by atoms with Crippen molar-refractivity contribution < 1.29 is 14.9 Å². The molecule has 0 bridgehead atoms. The number of hydrogen-bond donors (Lipinski definition) is 3. The summed E-state index contributed by atoms with van der Waals surface area (Å²) >= 11 is 0. The second-order valence-electron chi connectivity index (χ2n) is 7.12. The van der Waals surface area contributed by atoms with Gasteiger partial charge in [-0.3, -0.25) is 9.59 Å². The number of amides is 2. The summed E-state index contributed by atoms with van der Waals surface area (Å²) in [5.74, 6) is -0.258. The minimum absolute atomic E-state index is 0.0186. The molecule has 0 unspecified atom stereocenters. The molecule has 0 heterocycles. The number of benzene rings is 1. The average Bonchev–Trinajstić information content (AvgIpc) is 2.56. The Bertz CT molecular complexity index is 578. The maximum atomic E-state index is 12.0. The Labute approximate surface area is 151 Å². The van der Waals surface area contributed by atoms with Gasteiger partial charge in [-0.15, -0.1) is 0 Å². The normalized spacial score (nSPS) is 15.9. The summed E-state index contributed by atoms with van der Waals surface area (Å²) in [6.07, 6.45) is 8.90. The van der Waals surface area contributed by atoms with Gasteiger partial charge in [0, 0.05) is 5.69 Å². The van der Waals surface area contributed by atoms with Gasteiger partial charge in [0.25, 0.3) is 5.91 Å². The van der Waals surface area contributed by atoms with Gasteiger partial charge in [0.2, 0.25) is 5.91 Å². The van der Waals surface area contributed by atoms with Crippen LogP contribution in [0.5, 0.6) is 0 Å². The van der Waals surface area contributed by atoms with Gasteiger partial charge in [0.15, 0.2) is 6.54 Å². The van der Waals surface area contributed by atoms with Crippen LogP contribution in [0.2, 0.25) is 0 Å². The zero-order valence-electron chi connectivity index (χ0n) is 15.6. The van der Waals surface area contributed by atoms with Crippen molar-refractivity contribution >= 4 is 17.5 Å². The molecule has 1 aromatic rings. The summed E-state index contributed by atoms with van der Waals surface area (Å²) in [4.78, 5) is 24.0. The molecule has 2 amide bonds. The van der Waals surface area contributed by atoms with E-state index in [1.807, 2.05) is 32.0 Å². The number of anilines is 1. The lowest BCUT2D eigenvalue weighted by atomic mass is 9.97. The number of aryl methyl sites for hydroxylation is 1. The maximum absolute atomic E-state index is 12.0. The highest BCUT2D eigenvalue weighted by atomic mass is 16.2. The molecule has 0 aliphatic heterocycles. The SMILES string of the molecule is Cc1cccc(NC(=O)CNC(=O)C[NH2+]C2CCCCCCC2)c1C. The molecular weight excluding hydrogens is 314 g/mol. The van der Waals surface area contributed by atoms with Crippen LogP contribution in [0, 0.1) is 13.8 Å². The van der Waals surface area contributed by atoms with E-state index in [1.165, 1.54) is 44.9 Å². The summed E-state index contributed by atoms with van der Waals surface area (Å²) in [5.41, 5.74) is 3.00. The molecule has 1 saturated carbocycles. The van der Waals surface area contributed by atoms with Crippen molar-refractivity contribution in [3.8, 4) is 0 Å². The summed E-state index contributed by atoms with van der Waals surface area (Å²) in [6, 6.07) is 6.36. The molecule has 0 spiro atoms. The highest BCUT2D eigenvalue weighted by molar-refractivity contribution is 5.95. The number of carbonyl (C=O) groups is 2. The van der Waals surface area contributed by atoms with E-state index in [0.717, 1.165) is 16.8 Å². The van der Waals surface area contributed by atoms with Crippen LogP contribution < -0.4 is 16.0 Å². The fraction of sp³-hybridized carbons (Fsp3) is 0.600. The quantitative estimate of drug-likeness (QED) is 0.737. The molecular formula is C20H32N3O2+. The molecule has 25 heavy (non-hydrogen) atoms. The Morgan fingerprint density at radius 2 is 1.72 bits per heavy atom. The van der Waals surface area contributed by atoms with E-state index in [9.17, 15) is 9.59 Å².